The van der Waals surface area contributed by atoms with Gasteiger partial charge in [-0.15, -0.1) is 0 Å². The Bertz CT molecular complexity index is 334. The zero-order valence-corrected chi connectivity index (χ0v) is 8.77. The summed E-state index contributed by atoms with van der Waals surface area (Å²) >= 11 is 3.33. The maximum absolute atomic E-state index is 12.4. The van der Waals surface area contributed by atoms with E-state index in [0.717, 1.165) is 22.9 Å². The molecule has 1 aliphatic rings. The molecule has 70 valence electrons. The molecular formula is C10H11BrFN. The Kier molecular flexibility index (Phi) is 2.16. The van der Waals surface area contributed by atoms with Crippen molar-refractivity contribution in [2.75, 3.05) is 0 Å². The quantitative estimate of drug-likeness (QED) is 0.850. The predicted octanol–water partition coefficient (Wildman–Crippen LogP) is 2.87. The first-order valence-corrected chi connectivity index (χ1v) is 5.09. The van der Waals surface area contributed by atoms with Gasteiger partial charge in [0, 0.05) is 10.0 Å². The fourth-order valence-electron chi connectivity index (χ4n) is 1.39. The summed E-state index contributed by atoms with van der Waals surface area (Å²) in [5, 5.41) is 0. The highest BCUT2D eigenvalue weighted by Gasteiger charge is 2.39. The Morgan fingerprint density at radius 2 is 2.15 bits per heavy atom. The molecule has 0 amide bonds. The normalized spacial score (nSPS) is 18.7. The fraction of sp³-hybridized carbons (Fsp3) is 0.400. The van der Waals surface area contributed by atoms with Crippen molar-refractivity contribution in [3.8, 4) is 0 Å². The van der Waals surface area contributed by atoms with Crippen LogP contribution in [-0.2, 0) is 12.2 Å². The van der Waals surface area contributed by atoms with E-state index in [1.807, 2.05) is 12.1 Å². The van der Waals surface area contributed by atoms with Crippen molar-refractivity contribution in [3.63, 3.8) is 0 Å². The van der Waals surface area contributed by atoms with Gasteiger partial charge in [-0.1, -0.05) is 28.1 Å². The van der Waals surface area contributed by atoms with Gasteiger partial charge >= 0.3 is 0 Å². The second-order valence-corrected chi connectivity index (χ2v) is 4.45. The summed E-state index contributed by atoms with van der Waals surface area (Å²) in [6.07, 6.45) is 2.07. The molecule has 1 aromatic carbocycles. The van der Waals surface area contributed by atoms with Gasteiger partial charge in [-0.2, -0.15) is 0 Å². The van der Waals surface area contributed by atoms with E-state index in [9.17, 15) is 4.39 Å². The van der Waals surface area contributed by atoms with Gasteiger partial charge in [0.2, 0.25) is 0 Å². The van der Waals surface area contributed by atoms with E-state index in [2.05, 4.69) is 15.9 Å². The molecular weight excluding hydrogens is 233 g/mol. The summed E-state index contributed by atoms with van der Waals surface area (Å²) in [4.78, 5) is 0. The van der Waals surface area contributed by atoms with E-state index in [1.54, 1.807) is 6.07 Å². The Hall–Kier alpha value is -0.410. The summed E-state index contributed by atoms with van der Waals surface area (Å²) in [5.41, 5.74) is 7.68. The molecule has 1 aliphatic carbocycles. The molecule has 1 aromatic rings. The average Bonchev–Trinajstić information content (AvgIpc) is 2.85. The van der Waals surface area contributed by atoms with Crippen molar-refractivity contribution in [1.29, 1.82) is 0 Å². The largest absolute Gasteiger partial charge is 0.321 e. The predicted molar refractivity (Wildman–Crippen MR) is 54.1 cm³/mol. The molecule has 0 spiro atoms. The van der Waals surface area contributed by atoms with Crippen LogP contribution < -0.4 is 5.73 Å². The minimum Gasteiger partial charge on any atom is -0.321 e. The van der Waals surface area contributed by atoms with Crippen molar-refractivity contribution in [3.05, 3.63) is 33.8 Å². The molecule has 2 rings (SSSR count). The zero-order chi connectivity index (χ0) is 9.47. The van der Waals surface area contributed by atoms with Gasteiger partial charge in [0.25, 0.3) is 0 Å². The van der Waals surface area contributed by atoms with Crippen LogP contribution in [0.4, 0.5) is 4.39 Å². The maximum Gasteiger partial charge on any atom is 0.116 e. The molecule has 0 bridgehead atoms. The number of alkyl halides is 1. The van der Waals surface area contributed by atoms with Gasteiger partial charge < -0.3 is 5.73 Å². The lowest BCUT2D eigenvalue weighted by Crippen LogP contribution is -2.18. The van der Waals surface area contributed by atoms with E-state index < -0.39 is 6.67 Å². The lowest BCUT2D eigenvalue weighted by Gasteiger charge is -2.10. The van der Waals surface area contributed by atoms with Crippen molar-refractivity contribution >= 4 is 15.9 Å². The summed E-state index contributed by atoms with van der Waals surface area (Å²) in [6, 6.07) is 5.65. The lowest BCUT2D eigenvalue weighted by molar-refractivity contribution is 0.483. The number of hydrogen-bond acceptors (Lipinski definition) is 1. The number of benzene rings is 1. The number of halogens is 2. The minimum atomic E-state index is -0.432. The highest BCUT2D eigenvalue weighted by atomic mass is 79.9. The van der Waals surface area contributed by atoms with Crippen molar-refractivity contribution in [2.24, 2.45) is 5.73 Å². The number of hydrogen-bond donors (Lipinski definition) is 1. The Balaban J connectivity index is 2.36. The smallest absolute Gasteiger partial charge is 0.116 e. The van der Waals surface area contributed by atoms with Crippen LogP contribution in [-0.4, -0.2) is 0 Å². The summed E-state index contributed by atoms with van der Waals surface area (Å²) in [5.74, 6) is 0. The molecule has 0 unspecified atom stereocenters. The molecule has 3 heteroatoms. The van der Waals surface area contributed by atoms with E-state index in [4.69, 9.17) is 5.73 Å². The van der Waals surface area contributed by atoms with Crippen LogP contribution in [0.5, 0.6) is 0 Å². The first-order valence-electron chi connectivity index (χ1n) is 4.29. The highest BCUT2D eigenvalue weighted by Crippen LogP contribution is 2.43. The van der Waals surface area contributed by atoms with E-state index in [-0.39, 0.29) is 5.54 Å². The molecule has 0 radical (unpaired) electrons. The van der Waals surface area contributed by atoms with Crippen LogP contribution in [0, 0.1) is 0 Å². The molecule has 1 fully saturated rings. The van der Waals surface area contributed by atoms with Crippen molar-refractivity contribution < 1.29 is 4.39 Å². The SMILES string of the molecule is NC1(c2ccc(CF)c(Br)c2)CC1. The lowest BCUT2D eigenvalue weighted by atomic mass is 10.0. The zero-order valence-electron chi connectivity index (χ0n) is 7.19. The Labute approximate surface area is 85.3 Å². The van der Waals surface area contributed by atoms with Crippen molar-refractivity contribution in [1.82, 2.24) is 0 Å². The Morgan fingerprint density at radius 1 is 1.46 bits per heavy atom. The maximum atomic E-state index is 12.4. The average molecular weight is 244 g/mol. The molecule has 0 aliphatic heterocycles. The molecule has 1 nitrogen and oxygen atoms in total. The second kappa shape index (κ2) is 3.07. The van der Waals surface area contributed by atoms with E-state index in [0.29, 0.717) is 5.56 Å². The van der Waals surface area contributed by atoms with Gasteiger partial charge in [-0.25, -0.2) is 4.39 Å². The topological polar surface area (TPSA) is 26.0 Å². The third-order valence-electron chi connectivity index (χ3n) is 2.56. The van der Waals surface area contributed by atoms with Crippen LogP contribution in [0.15, 0.2) is 22.7 Å². The Morgan fingerprint density at radius 3 is 2.62 bits per heavy atom. The molecule has 13 heavy (non-hydrogen) atoms. The molecule has 0 atom stereocenters. The van der Waals surface area contributed by atoms with Crippen LogP contribution in [0.1, 0.15) is 24.0 Å². The molecule has 1 saturated carbocycles. The molecule has 0 aromatic heterocycles. The van der Waals surface area contributed by atoms with Gasteiger partial charge in [-0.05, 0) is 30.0 Å². The van der Waals surface area contributed by atoms with Crippen LogP contribution in [0.2, 0.25) is 0 Å². The van der Waals surface area contributed by atoms with E-state index in [1.165, 1.54) is 0 Å². The van der Waals surface area contributed by atoms with Crippen LogP contribution >= 0.6 is 15.9 Å². The first kappa shape index (κ1) is 9.16. The molecule has 0 heterocycles. The van der Waals surface area contributed by atoms with E-state index >= 15 is 0 Å². The number of rotatable bonds is 2. The second-order valence-electron chi connectivity index (χ2n) is 3.60. The standard InChI is InChI=1S/C10H11BrFN/c11-9-5-8(10(13)3-4-10)2-1-7(9)6-12/h1-2,5H,3-4,6,13H2. The van der Waals surface area contributed by atoms with Gasteiger partial charge in [0.15, 0.2) is 0 Å². The fourth-order valence-corrected chi connectivity index (χ4v) is 1.87. The number of nitrogens with two attached hydrogens (primary N) is 1. The minimum absolute atomic E-state index is 0.128. The summed E-state index contributed by atoms with van der Waals surface area (Å²) < 4.78 is 13.2. The van der Waals surface area contributed by atoms with Gasteiger partial charge in [-0.3, -0.25) is 0 Å². The summed E-state index contributed by atoms with van der Waals surface area (Å²) in [7, 11) is 0. The van der Waals surface area contributed by atoms with Crippen molar-refractivity contribution in [2.45, 2.75) is 25.1 Å². The summed E-state index contributed by atoms with van der Waals surface area (Å²) in [6.45, 7) is -0.432. The highest BCUT2D eigenvalue weighted by molar-refractivity contribution is 9.10. The monoisotopic (exact) mass is 243 g/mol. The molecule has 2 N–H and O–H groups in total. The molecule has 0 saturated heterocycles. The van der Waals surface area contributed by atoms with Gasteiger partial charge in [0.05, 0.1) is 0 Å². The van der Waals surface area contributed by atoms with Crippen LogP contribution in [0.3, 0.4) is 0 Å². The third-order valence-corrected chi connectivity index (χ3v) is 3.30. The third kappa shape index (κ3) is 1.63. The van der Waals surface area contributed by atoms with Crippen LogP contribution in [0.25, 0.3) is 0 Å². The van der Waals surface area contributed by atoms with Gasteiger partial charge in [0.1, 0.15) is 6.67 Å². The first-order chi connectivity index (χ1) is 6.15.